The van der Waals surface area contributed by atoms with Crippen LogP contribution in [0.4, 0.5) is 5.82 Å². The fourth-order valence-electron chi connectivity index (χ4n) is 1.99. The summed E-state index contributed by atoms with van der Waals surface area (Å²) in [6, 6.07) is 0.263. The molecule has 0 spiro atoms. The first-order valence-corrected chi connectivity index (χ1v) is 6.60. The number of carbonyl (C=O) groups is 1. The molecule has 0 radical (unpaired) electrons. The van der Waals surface area contributed by atoms with Crippen molar-refractivity contribution in [1.29, 1.82) is 0 Å². The average Bonchev–Trinajstić information content (AvgIpc) is 2.75. The third-order valence-electron chi connectivity index (χ3n) is 3.02. The van der Waals surface area contributed by atoms with Crippen molar-refractivity contribution in [3.05, 3.63) is 18.1 Å². The van der Waals surface area contributed by atoms with Crippen LogP contribution in [0.5, 0.6) is 0 Å². The van der Waals surface area contributed by atoms with E-state index in [2.05, 4.69) is 35.7 Å². The van der Waals surface area contributed by atoms with Crippen molar-refractivity contribution in [3.63, 3.8) is 0 Å². The normalized spacial score (nSPS) is 10.6. The molecule has 0 aliphatic heterocycles. The quantitative estimate of drug-likeness (QED) is 0.869. The van der Waals surface area contributed by atoms with E-state index in [0.29, 0.717) is 18.7 Å². The number of anilines is 1. The molecule has 0 amide bonds. The molecule has 2 N–H and O–H groups in total. The zero-order valence-electron chi connectivity index (χ0n) is 12.0. The first-order chi connectivity index (χ1) is 9.50. The van der Waals surface area contributed by atoms with Gasteiger partial charge in [-0.2, -0.15) is 0 Å². The van der Waals surface area contributed by atoms with Crippen molar-refractivity contribution in [3.8, 4) is 11.8 Å². The summed E-state index contributed by atoms with van der Waals surface area (Å²) in [5.74, 6) is 6.67. The summed E-state index contributed by atoms with van der Waals surface area (Å²) >= 11 is 0. The average molecular weight is 270 g/mol. The summed E-state index contributed by atoms with van der Waals surface area (Å²) in [6.45, 7) is 5.72. The topological polar surface area (TPSA) is 73.8 Å². The molecule has 0 saturated carbocycles. The Labute approximate surface area is 118 Å². The minimum Gasteiger partial charge on any atom is -0.383 e. The molecule has 2 heterocycles. The van der Waals surface area contributed by atoms with Crippen LogP contribution in [0.2, 0.25) is 0 Å². The van der Waals surface area contributed by atoms with Crippen LogP contribution < -0.4 is 5.73 Å². The highest BCUT2D eigenvalue weighted by atomic mass is 16.1. The Balaban J connectivity index is 2.45. The number of nitrogens with zero attached hydrogens (tertiary/aromatic N) is 3. The Morgan fingerprint density at radius 3 is 2.85 bits per heavy atom. The molecule has 20 heavy (non-hydrogen) atoms. The Hall–Kier alpha value is -2.35. The Morgan fingerprint density at radius 2 is 2.20 bits per heavy atom. The highest BCUT2D eigenvalue weighted by molar-refractivity contribution is 5.92. The molecule has 2 rings (SSSR count). The van der Waals surface area contributed by atoms with Gasteiger partial charge in [-0.05, 0) is 20.8 Å². The van der Waals surface area contributed by atoms with Crippen LogP contribution in [0.25, 0.3) is 11.0 Å². The van der Waals surface area contributed by atoms with Gasteiger partial charge in [0.25, 0.3) is 0 Å². The van der Waals surface area contributed by atoms with Crippen LogP contribution in [-0.2, 0) is 4.79 Å². The molecular formula is C15H18N4O. The first kappa shape index (κ1) is 14.1. The molecule has 0 atom stereocenters. The summed E-state index contributed by atoms with van der Waals surface area (Å²) < 4.78 is 2.03. The summed E-state index contributed by atoms with van der Waals surface area (Å²) in [5, 5.41) is 0.788. The van der Waals surface area contributed by atoms with Crippen molar-refractivity contribution in [1.82, 2.24) is 14.5 Å². The molecular weight excluding hydrogens is 252 g/mol. The molecule has 5 heteroatoms. The molecule has 0 unspecified atom stereocenters. The molecule has 104 valence electrons. The number of hydrogen-bond acceptors (Lipinski definition) is 4. The summed E-state index contributed by atoms with van der Waals surface area (Å²) in [4.78, 5) is 19.2. The number of nitrogen functional groups attached to an aromatic ring is 1. The fourth-order valence-corrected chi connectivity index (χ4v) is 1.99. The van der Waals surface area contributed by atoms with Gasteiger partial charge in [0, 0.05) is 25.1 Å². The zero-order valence-corrected chi connectivity index (χ0v) is 12.0. The second kappa shape index (κ2) is 5.74. The second-order valence-electron chi connectivity index (χ2n) is 5.01. The van der Waals surface area contributed by atoms with Crippen molar-refractivity contribution in [2.24, 2.45) is 0 Å². The van der Waals surface area contributed by atoms with Gasteiger partial charge in [0.05, 0.1) is 10.9 Å². The van der Waals surface area contributed by atoms with Crippen molar-refractivity contribution < 1.29 is 4.79 Å². The predicted molar refractivity (Wildman–Crippen MR) is 79.1 cm³/mol. The van der Waals surface area contributed by atoms with Crippen LogP contribution >= 0.6 is 0 Å². The van der Waals surface area contributed by atoms with Gasteiger partial charge in [0.2, 0.25) is 0 Å². The Kier molecular flexibility index (Phi) is 4.04. The molecule has 0 aromatic carbocycles. The molecule has 5 nitrogen and oxygen atoms in total. The van der Waals surface area contributed by atoms with Crippen molar-refractivity contribution in [2.75, 3.05) is 5.73 Å². The van der Waals surface area contributed by atoms with Crippen LogP contribution in [0.15, 0.2) is 12.5 Å². The summed E-state index contributed by atoms with van der Waals surface area (Å²) in [6.07, 6.45) is 4.43. The first-order valence-electron chi connectivity index (χ1n) is 6.60. The van der Waals surface area contributed by atoms with Gasteiger partial charge in [0.15, 0.2) is 0 Å². The fraction of sp³-hybridized carbons (Fsp3) is 0.400. The number of rotatable bonds is 3. The minimum absolute atomic E-state index is 0.145. The lowest BCUT2D eigenvalue weighted by atomic mass is 10.2. The summed E-state index contributed by atoms with van der Waals surface area (Å²) in [5.41, 5.74) is 7.55. The van der Waals surface area contributed by atoms with Crippen molar-refractivity contribution in [2.45, 2.75) is 39.7 Å². The minimum atomic E-state index is 0.145. The van der Waals surface area contributed by atoms with Gasteiger partial charge in [-0.1, -0.05) is 11.8 Å². The highest BCUT2D eigenvalue weighted by Gasteiger charge is 2.13. The Bertz CT molecular complexity index is 704. The van der Waals surface area contributed by atoms with Gasteiger partial charge in [0.1, 0.15) is 23.6 Å². The second-order valence-corrected chi connectivity index (χ2v) is 5.01. The van der Waals surface area contributed by atoms with E-state index in [1.54, 1.807) is 6.92 Å². The molecule has 2 aromatic heterocycles. The van der Waals surface area contributed by atoms with E-state index in [1.165, 1.54) is 6.33 Å². The number of nitrogens with two attached hydrogens (primary N) is 1. The van der Waals surface area contributed by atoms with E-state index in [9.17, 15) is 4.79 Å². The van der Waals surface area contributed by atoms with Crippen LogP contribution in [0.3, 0.4) is 0 Å². The van der Waals surface area contributed by atoms with E-state index in [0.717, 1.165) is 16.6 Å². The monoisotopic (exact) mass is 270 g/mol. The molecule has 0 aliphatic carbocycles. The third kappa shape index (κ3) is 2.80. The molecule has 2 aromatic rings. The third-order valence-corrected chi connectivity index (χ3v) is 3.02. The van der Waals surface area contributed by atoms with Gasteiger partial charge in [-0.25, -0.2) is 9.97 Å². The Morgan fingerprint density at radius 1 is 1.45 bits per heavy atom. The lowest BCUT2D eigenvalue weighted by molar-refractivity contribution is -0.116. The zero-order chi connectivity index (χ0) is 14.7. The van der Waals surface area contributed by atoms with Gasteiger partial charge in [-0.15, -0.1) is 0 Å². The summed E-state index contributed by atoms with van der Waals surface area (Å²) in [7, 11) is 0. The number of Topliss-reactive ketones (excluding diaryl/α,β-unsaturated/α-hetero) is 1. The van der Waals surface area contributed by atoms with Gasteiger partial charge >= 0.3 is 0 Å². The van der Waals surface area contributed by atoms with Crippen LogP contribution in [-0.4, -0.2) is 20.3 Å². The van der Waals surface area contributed by atoms with Crippen LogP contribution in [0.1, 0.15) is 45.2 Å². The molecule has 0 saturated heterocycles. The highest BCUT2D eigenvalue weighted by Crippen LogP contribution is 2.25. The maximum atomic E-state index is 10.9. The number of hydrogen-bond donors (Lipinski definition) is 1. The molecule has 0 aliphatic rings. The van der Waals surface area contributed by atoms with E-state index in [-0.39, 0.29) is 11.8 Å². The SMILES string of the molecule is CC(=O)CCC#Cc1cn(C(C)C)c2ncnc(N)c12. The van der Waals surface area contributed by atoms with E-state index in [1.807, 2.05) is 10.8 Å². The van der Waals surface area contributed by atoms with E-state index < -0.39 is 0 Å². The van der Waals surface area contributed by atoms with Gasteiger partial charge in [-0.3, -0.25) is 4.79 Å². The van der Waals surface area contributed by atoms with E-state index >= 15 is 0 Å². The largest absolute Gasteiger partial charge is 0.383 e. The lowest BCUT2D eigenvalue weighted by Gasteiger charge is -2.07. The number of carbonyl (C=O) groups excluding carboxylic acids is 1. The van der Waals surface area contributed by atoms with Crippen molar-refractivity contribution >= 4 is 22.6 Å². The lowest BCUT2D eigenvalue weighted by Crippen LogP contribution is -2.00. The van der Waals surface area contributed by atoms with Gasteiger partial charge < -0.3 is 10.3 Å². The smallest absolute Gasteiger partial charge is 0.147 e. The number of fused-ring (bicyclic) bond motifs is 1. The van der Waals surface area contributed by atoms with E-state index in [4.69, 9.17) is 5.73 Å². The maximum Gasteiger partial charge on any atom is 0.147 e. The van der Waals surface area contributed by atoms with Crippen LogP contribution in [0, 0.1) is 11.8 Å². The number of ketones is 1. The molecule has 0 bridgehead atoms. The number of aromatic nitrogens is 3. The molecule has 0 fully saturated rings. The maximum absolute atomic E-state index is 10.9. The standard InChI is InChI=1S/C15H18N4O/c1-10(2)19-8-12(7-5-4-6-11(3)20)13-14(16)17-9-18-15(13)19/h8-10H,4,6H2,1-3H3,(H2,16,17,18). The predicted octanol–water partition coefficient (Wildman–Crippen LogP) is 2.32.